The topological polar surface area (TPSA) is 61.8 Å². The summed E-state index contributed by atoms with van der Waals surface area (Å²) in [6.07, 6.45) is 0. The van der Waals surface area contributed by atoms with E-state index in [1.807, 2.05) is 11.8 Å². The number of nitrogens with zero attached hydrogens (tertiary/aromatic N) is 1. The molecule has 0 aromatic carbocycles. The van der Waals surface area contributed by atoms with E-state index >= 15 is 0 Å². The Hall–Kier alpha value is -0.210. The molecule has 4 heteroatoms. The molecule has 0 rings (SSSR count). The second kappa shape index (κ2) is 21.5. The SMILES string of the molecule is CCBr.N=[N+]=N. The van der Waals surface area contributed by atoms with Gasteiger partial charge in [-0.25, -0.2) is 0 Å². The molecule has 0 aliphatic carbocycles. The van der Waals surface area contributed by atoms with Gasteiger partial charge < -0.3 is 0 Å². The standard InChI is InChI=1S/C2H5Br.H2N3/c1-2-3;1-3-2/h2H2,1H3;1-2H/q;+1. The zero-order chi connectivity index (χ0) is 5.41. The summed E-state index contributed by atoms with van der Waals surface area (Å²) < 4.78 is 0. The fourth-order valence-corrected chi connectivity index (χ4v) is 0. The molecule has 0 amide bonds. The maximum atomic E-state index is 5.50. The van der Waals surface area contributed by atoms with Crippen LogP contribution in [-0.2, 0) is 0 Å². The van der Waals surface area contributed by atoms with Crippen molar-refractivity contribution in [2.75, 3.05) is 5.33 Å². The van der Waals surface area contributed by atoms with E-state index < -0.39 is 0 Å². The molecule has 36 valence electrons. The van der Waals surface area contributed by atoms with Gasteiger partial charge in [-0.3, -0.25) is 0 Å². The fourth-order valence-electron chi connectivity index (χ4n) is 0. The minimum absolute atomic E-state index is 1.06. The molecule has 0 saturated heterocycles. The van der Waals surface area contributed by atoms with Crippen LogP contribution in [0.5, 0.6) is 0 Å². The molecule has 2 N–H and O–H groups in total. The minimum atomic E-state index is 1.06. The van der Waals surface area contributed by atoms with E-state index in [1.54, 1.807) is 0 Å². The van der Waals surface area contributed by atoms with E-state index in [0.717, 1.165) is 5.33 Å². The first-order chi connectivity index (χ1) is 2.83. The molecule has 0 aliphatic heterocycles. The van der Waals surface area contributed by atoms with Crippen molar-refractivity contribution in [3.05, 3.63) is 0 Å². The van der Waals surface area contributed by atoms with Crippen LogP contribution in [0.3, 0.4) is 0 Å². The Morgan fingerprint density at radius 3 is 1.67 bits per heavy atom. The Bertz CT molecular complexity index is 38.1. The summed E-state index contributed by atoms with van der Waals surface area (Å²) in [4.78, 5) is 2.00. The van der Waals surface area contributed by atoms with Crippen LogP contribution in [0.1, 0.15) is 6.92 Å². The van der Waals surface area contributed by atoms with E-state index in [9.17, 15) is 0 Å². The predicted octanol–water partition coefficient (Wildman–Crippen LogP) is 1.52. The van der Waals surface area contributed by atoms with Gasteiger partial charge in [0.05, 0.1) is 0 Å². The molecule has 0 spiro atoms. The van der Waals surface area contributed by atoms with Gasteiger partial charge in [-0.15, -0.1) is 0 Å². The van der Waals surface area contributed by atoms with Crippen molar-refractivity contribution in [3.63, 3.8) is 0 Å². The molecule has 6 heavy (non-hydrogen) atoms. The van der Waals surface area contributed by atoms with Crippen molar-refractivity contribution < 1.29 is 0 Å². The molecule has 3 nitrogen and oxygen atoms in total. The maximum Gasteiger partial charge on any atom is 0.211 e. The molecule has 0 fully saturated rings. The molecular formula is C2H7BrN3+. The first kappa shape index (κ1) is 9.25. The molecule has 0 bridgehead atoms. The summed E-state index contributed by atoms with van der Waals surface area (Å²) in [7, 11) is 0. The van der Waals surface area contributed by atoms with Gasteiger partial charge in [0.25, 0.3) is 0 Å². The Labute approximate surface area is 44.9 Å². The Morgan fingerprint density at radius 2 is 1.67 bits per heavy atom. The van der Waals surface area contributed by atoms with Crippen LogP contribution < -0.4 is 4.91 Å². The van der Waals surface area contributed by atoms with E-state index in [-0.39, 0.29) is 0 Å². The van der Waals surface area contributed by atoms with Gasteiger partial charge in [0.2, 0.25) is 4.91 Å². The molecule has 0 aromatic heterocycles. The molecule has 0 unspecified atom stereocenters. The second-order valence-electron chi connectivity index (χ2n) is 0.379. The van der Waals surface area contributed by atoms with Crippen molar-refractivity contribution >= 4 is 15.9 Å². The molecule has 0 saturated carbocycles. The molecule has 0 heterocycles. The highest BCUT2D eigenvalue weighted by Gasteiger charge is 1.38. The average molecular weight is 153 g/mol. The third kappa shape index (κ3) is 669. The van der Waals surface area contributed by atoms with Crippen LogP contribution in [0.2, 0.25) is 0 Å². The molecule has 0 aliphatic rings. The zero-order valence-electron chi connectivity index (χ0n) is 3.53. The average Bonchev–Trinajstić information content (AvgIpc) is 1.39. The number of alkyl halides is 1. The summed E-state index contributed by atoms with van der Waals surface area (Å²) in [5.41, 5.74) is 11.0. The van der Waals surface area contributed by atoms with Gasteiger partial charge in [0.1, 0.15) is 11.1 Å². The van der Waals surface area contributed by atoms with Crippen molar-refractivity contribution in [1.29, 1.82) is 11.1 Å². The first-order valence-electron chi connectivity index (χ1n) is 1.42. The van der Waals surface area contributed by atoms with Gasteiger partial charge in [-0.2, -0.15) is 0 Å². The highest BCUT2D eigenvalue weighted by Crippen LogP contribution is 1.67. The van der Waals surface area contributed by atoms with Crippen LogP contribution in [0.4, 0.5) is 0 Å². The smallest absolute Gasteiger partial charge is 0.0931 e. The maximum absolute atomic E-state index is 5.50. The first-order valence-corrected chi connectivity index (χ1v) is 2.54. The van der Waals surface area contributed by atoms with Gasteiger partial charge in [0.15, 0.2) is 0 Å². The van der Waals surface area contributed by atoms with Crippen LogP contribution in [-0.4, -0.2) is 5.33 Å². The molecular weight excluding hydrogens is 146 g/mol. The summed E-state index contributed by atoms with van der Waals surface area (Å²) in [5.74, 6) is 0. The largest absolute Gasteiger partial charge is 0.211 e. The minimum Gasteiger partial charge on any atom is -0.0931 e. The van der Waals surface area contributed by atoms with Gasteiger partial charge in [0, 0.05) is 5.33 Å². The van der Waals surface area contributed by atoms with E-state index in [1.165, 1.54) is 0 Å². The second-order valence-corrected chi connectivity index (χ2v) is 1.50. The highest BCUT2D eigenvalue weighted by atomic mass is 79.9. The summed E-state index contributed by atoms with van der Waals surface area (Å²) in [6, 6.07) is 0. The van der Waals surface area contributed by atoms with Gasteiger partial charge in [-0.05, 0) is 0 Å². The predicted molar refractivity (Wildman–Crippen MR) is 27.0 cm³/mol. The Morgan fingerprint density at radius 1 is 1.67 bits per heavy atom. The number of hydrogen-bond acceptors (Lipinski definition) is 2. The van der Waals surface area contributed by atoms with Gasteiger partial charge in [-0.1, -0.05) is 22.9 Å². The monoisotopic (exact) mass is 152 g/mol. The lowest BCUT2D eigenvalue weighted by atomic mass is 11.0. The third-order valence-electron chi connectivity index (χ3n) is 0. The van der Waals surface area contributed by atoms with Crippen molar-refractivity contribution in [2.45, 2.75) is 6.92 Å². The summed E-state index contributed by atoms with van der Waals surface area (Å²) >= 11 is 3.15. The summed E-state index contributed by atoms with van der Waals surface area (Å²) in [5, 5.41) is 1.06. The van der Waals surface area contributed by atoms with Gasteiger partial charge >= 0.3 is 0 Å². The van der Waals surface area contributed by atoms with Crippen molar-refractivity contribution in [2.24, 2.45) is 0 Å². The number of halogens is 1. The number of rotatable bonds is 0. The van der Waals surface area contributed by atoms with E-state index in [0.29, 0.717) is 0 Å². The Kier molecular flexibility index (Phi) is 33.1. The normalized spacial score (nSPS) is 4.33. The molecule has 0 atom stereocenters. The van der Waals surface area contributed by atoms with Crippen LogP contribution in [0.15, 0.2) is 0 Å². The Balaban J connectivity index is 0. The highest BCUT2D eigenvalue weighted by molar-refractivity contribution is 9.09. The number of hydrogen-bond donors (Lipinski definition) is 2. The summed E-state index contributed by atoms with van der Waals surface area (Å²) in [6.45, 7) is 2.04. The van der Waals surface area contributed by atoms with E-state index in [4.69, 9.17) is 11.1 Å². The third-order valence-corrected chi connectivity index (χ3v) is 0. The van der Waals surface area contributed by atoms with Crippen LogP contribution in [0, 0.1) is 11.1 Å². The van der Waals surface area contributed by atoms with Crippen molar-refractivity contribution in [1.82, 2.24) is 4.91 Å². The molecule has 0 radical (unpaired) electrons. The van der Waals surface area contributed by atoms with Crippen molar-refractivity contribution in [3.8, 4) is 0 Å². The van der Waals surface area contributed by atoms with E-state index in [2.05, 4.69) is 15.9 Å². The number of nitrogens with one attached hydrogen (secondary N) is 2. The lowest BCUT2D eigenvalue weighted by Gasteiger charge is -1.45. The van der Waals surface area contributed by atoms with Crippen LogP contribution >= 0.6 is 15.9 Å². The lowest BCUT2D eigenvalue weighted by Crippen LogP contribution is -1.34. The zero-order valence-corrected chi connectivity index (χ0v) is 5.12. The molecule has 0 aromatic rings. The fraction of sp³-hybridized carbons (Fsp3) is 1.00. The lowest BCUT2D eigenvalue weighted by molar-refractivity contribution is 0.928. The van der Waals surface area contributed by atoms with Crippen LogP contribution in [0.25, 0.3) is 0 Å². The quantitative estimate of drug-likeness (QED) is 0.301.